The number of hydrogen-bond donors (Lipinski definition) is 2. The smallest absolute Gasteiger partial charge is 0.238 e. The zero-order valence-electron chi connectivity index (χ0n) is 16.4. The molecule has 27 heavy (non-hydrogen) atoms. The lowest BCUT2D eigenvalue weighted by molar-refractivity contribution is -0.126. The predicted octanol–water partition coefficient (Wildman–Crippen LogP) is 3.30. The van der Waals surface area contributed by atoms with Crippen LogP contribution in [-0.2, 0) is 9.59 Å². The number of nitrogens with zero attached hydrogens (tertiary/aromatic N) is 1. The molecule has 0 unspecified atom stereocenters. The number of amides is 2. The predicted molar refractivity (Wildman–Crippen MR) is 108 cm³/mol. The van der Waals surface area contributed by atoms with Crippen LogP contribution < -0.4 is 15.4 Å². The summed E-state index contributed by atoms with van der Waals surface area (Å²) in [4.78, 5) is 26.5. The molecule has 6 nitrogen and oxygen atoms in total. The highest BCUT2D eigenvalue weighted by molar-refractivity contribution is 6.31. The van der Waals surface area contributed by atoms with E-state index < -0.39 is 0 Å². The molecule has 7 heteroatoms. The minimum absolute atomic E-state index is 0.0452. The van der Waals surface area contributed by atoms with Crippen molar-refractivity contribution in [2.24, 2.45) is 5.92 Å². The lowest BCUT2D eigenvalue weighted by Gasteiger charge is -2.26. The van der Waals surface area contributed by atoms with E-state index in [9.17, 15) is 9.59 Å². The third-order valence-electron chi connectivity index (χ3n) is 5.16. The van der Waals surface area contributed by atoms with Crippen LogP contribution in [0.15, 0.2) is 18.2 Å². The summed E-state index contributed by atoms with van der Waals surface area (Å²) in [5.41, 5.74) is 0.512. The first-order valence-corrected chi connectivity index (χ1v) is 9.90. The first-order valence-electron chi connectivity index (χ1n) is 9.52. The van der Waals surface area contributed by atoms with E-state index in [1.54, 1.807) is 30.1 Å². The molecule has 0 aromatic heterocycles. The van der Waals surface area contributed by atoms with Gasteiger partial charge in [-0.3, -0.25) is 14.5 Å². The van der Waals surface area contributed by atoms with E-state index in [-0.39, 0.29) is 24.4 Å². The van der Waals surface area contributed by atoms with Crippen molar-refractivity contribution in [2.75, 3.05) is 32.6 Å². The molecule has 150 valence electrons. The molecule has 0 saturated heterocycles. The number of likely N-dealkylation sites (N-methyl/N-ethyl adjacent to an activating group) is 1. The molecule has 0 aliphatic heterocycles. The van der Waals surface area contributed by atoms with Gasteiger partial charge in [0.25, 0.3) is 0 Å². The molecule has 2 N–H and O–H groups in total. The highest BCUT2D eigenvalue weighted by Gasteiger charge is 2.22. The van der Waals surface area contributed by atoms with E-state index in [0.29, 0.717) is 22.4 Å². The number of hydrogen-bond acceptors (Lipinski definition) is 4. The van der Waals surface area contributed by atoms with Gasteiger partial charge in [-0.15, -0.1) is 0 Å². The Kier molecular flexibility index (Phi) is 8.38. The molecular weight excluding hydrogens is 366 g/mol. The Hall–Kier alpha value is -1.79. The number of methoxy groups -OCH3 is 1. The summed E-state index contributed by atoms with van der Waals surface area (Å²) in [6.45, 7) is 2.63. The summed E-state index contributed by atoms with van der Waals surface area (Å²) >= 11 is 5.98. The van der Waals surface area contributed by atoms with E-state index in [1.165, 1.54) is 39.2 Å². The molecule has 1 aromatic rings. The van der Waals surface area contributed by atoms with Crippen LogP contribution in [0, 0.1) is 5.92 Å². The number of carbonyl (C=O) groups excluding carboxylic acids is 2. The monoisotopic (exact) mass is 395 g/mol. The van der Waals surface area contributed by atoms with E-state index in [1.807, 2.05) is 6.92 Å². The Bertz CT molecular complexity index is 647. The lowest BCUT2D eigenvalue weighted by atomic mass is 9.89. The average Bonchev–Trinajstić information content (AvgIpc) is 2.66. The van der Waals surface area contributed by atoms with Gasteiger partial charge in [-0.2, -0.15) is 0 Å². The number of rotatable bonds is 8. The second kappa shape index (κ2) is 10.5. The standard InChI is InChI=1S/C20H30ClN3O3/c1-14(20(26)22-12-15-7-5-4-6-8-15)24(2)13-19(25)23-17-11-16(21)9-10-18(17)27-3/h9-11,14-15H,4-8,12-13H2,1-3H3,(H,22,26)(H,23,25)/t14-/m1/s1. The number of carbonyl (C=O) groups is 2. The maximum atomic E-state index is 12.4. The van der Waals surface area contributed by atoms with E-state index in [2.05, 4.69) is 10.6 Å². The van der Waals surface area contributed by atoms with Crippen molar-refractivity contribution < 1.29 is 14.3 Å². The van der Waals surface area contributed by atoms with Crippen molar-refractivity contribution in [2.45, 2.75) is 45.1 Å². The molecule has 0 heterocycles. The molecule has 1 fully saturated rings. The normalized spacial score (nSPS) is 16.0. The molecule has 1 saturated carbocycles. The molecule has 0 spiro atoms. The minimum atomic E-state index is -0.388. The summed E-state index contributed by atoms with van der Waals surface area (Å²) in [5.74, 6) is 0.841. The van der Waals surface area contributed by atoms with Gasteiger partial charge in [-0.1, -0.05) is 30.9 Å². The summed E-state index contributed by atoms with van der Waals surface area (Å²) in [6, 6.07) is 4.64. The fraction of sp³-hybridized carbons (Fsp3) is 0.600. The zero-order valence-corrected chi connectivity index (χ0v) is 17.1. The first kappa shape index (κ1) is 21.5. The minimum Gasteiger partial charge on any atom is -0.495 e. The number of halogens is 1. The molecular formula is C20H30ClN3O3. The zero-order chi connectivity index (χ0) is 19.8. The summed E-state index contributed by atoms with van der Waals surface area (Å²) < 4.78 is 5.23. The Labute approximate surface area is 166 Å². The number of anilines is 1. The largest absolute Gasteiger partial charge is 0.495 e. The molecule has 0 radical (unpaired) electrons. The van der Waals surface area contributed by atoms with Gasteiger partial charge in [0.15, 0.2) is 0 Å². The number of ether oxygens (including phenoxy) is 1. The third-order valence-corrected chi connectivity index (χ3v) is 5.39. The van der Waals surface area contributed by atoms with Crippen LogP contribution in [0.5, 0.6) is 5.75 Å². The quantitative estimate of drug-likeness (QED) is 0.708. The maximum Gasteiger partial charge on any atom is 0.238 e. The van der Waals surface area contributed by atoms with Crippen LogP contribution in [-0.4, -0.2) is 50.0 Å². The second-order valence-electron chi connectivity index (χ2n) is 7.23. The van der Waals surface area contributed by atoms with Gasteiger partial charge in [0, 0.05) is 11.6 Å². The van der Waals surface area contributed by atoms with Crippen LogP contribution in [0.25, 0.3) is 0 Å². The van der Waals surface area contributed by atoms with Gasteiger partial charge in [0.2, 0.25) is 11.8 Å². The SMILES string of the molecule is COc1ccc(Cl)cc1NC(=O)CN(C)[C@H](C)C(=O)NCC1CCCCC1. The fourth-order valence-electron chi connectivity index (χ4n) is 3.32. The van der Waals surface area contributed by atoms with Gasteiger partial charge in [-0.25, -0.2) is 0 Å². The van der Waals surface area contributed by atoms with Crippen molar-refractivity contribution in [3.8, 4) is 5.75 Å². The Balaban J connectivity index is 1.82. The number of benzene rings is 1. The molecule has 2 amide bonds. The van der Waals surface area contributed by atoms with Crippen LogP contribution in [0.4, 0.5) is 5.69 Å². The summed E-state index contributed by atoms with van der Waals surface area (Å²) in [7, 11) is 3.30. The molecule has 1 aliphatic carbocycles. The Morgan fingerprint density at radius 2 is 2.00 bits per heavy atom. The van der Waals surface area contributed by atoms with Gasteiger partial charge in [0.05, 0.1) is 25.4 Å². The first-order chi connectivity index (χ1) is 12.9. The Morgan fingerprint density at radius 3 is 2.67 bits per heavy atom. The summed E-state index contributed by atoms with van der Waals surface area (Å²) in [6.07, 6.45) is 6.19. The van der Waals surface area contributed by atoms with Crippen molar-refractivity contribution in [3.05, 3.63) is 23.2 Å². The van der Waals surface area contributed by atoms with Crippen LogP contribution in [0.1, 0.15) is 39.0 Å². The van der Waals surface area contributed by atoms with Crippen molar-refractivity contribution in [1.29, 1.82) is 0 Å². The van der Waals surface area contributed by atoms with Gasteiger partial charge in [0.1, 0.15) is 5.75 Å². The molecule has 1 aliphatic rings. The molecule has 1 atom stereocenters. The van der Waals surface area contributed by atoms with Crippen LogP contribution >= 0.6 is 11.6 Å². The van der Waals surface area contributed by atoms with Gasteiger partial charge in [-0.05, 0) is 50.9 Å². The van der Waals surface area contributed by atoms with Crippen LogP contribution in [0.2, 0.25) is 5.02 Å². The van der Waals surface area contributed by atoms with E-state index >= 15 is 0 Å². The maximum absolute atomic E-state index is 12.4. The number of nitrogens with one attached hydrogen (secondary N) is 2. The highest BCUT2D eigenvalue weighted by atomic mass is 35.5. The van der Waals surface area contributed by atoms with Crippen LogP contribution in [0.3, 0.4) is 0 Å². The van der Waals surface area contributed by atoms with Crippen molar-refractivity contribution in [3.63, 3.8) is 0 Å². The molecule has 1 aromatic carbocycles. The highest BCUT2D eigenvalue weighted by Crippen LogP contribution is 2.27. The molecule has 0 bridgehead atoms. The second-order valence-corrected chi connectivity index (χ2v) is 7.67. The van der Waals surface area contributed by atoms with E-state index in [4.69, 9.17) is 16.3 Å². The third kappa shape index (κ3) is 6.70. The van der Waals surface area contributed by atoms with E-state index in [0.717, 1.165) is 6.54 Å². The fourth-order valence-corrected chi connectivity index (χ4v) is 3.49. The topological polar surface area (TPSA) is 70.7 Å². The van der Waals surface area contributed by atoms with Crippen molar-refractivity contribution in [1.82, 2.24) is 10.2 Å². The van der Waals surface area contributed by atoms with Crippen molar-refractivity contribution >= 4 is 29.1 Å². The van der Waals surface area contributed by atoms with Gasteiger partial charge >= 0.3 is 0 Å². The summed E-state index contributed by atoms with van der Waals surface area (Å²) in [5, 5.41) is 6.33. The van der Waals surface area contributed by atoms with Gasteiger partial charge < -0.3 is 15.4 Å². The Morgan fingerprint density at radius 1 is 1.30 bits per heavy atom. The lowest BCUT2D eigenvalue weighted by Crippen LogP contribution is -2.47. The molecule has 2 rings (SSSR count). The average molecular weight is 396 g/mol.